The standard InChI is InChI=1S/C20H26N4O3S2/c1-11-17(12-7-8-12)18(14-5-4-6-15(14)22-11)23-19(25)24-29(21,27)16-9-13(10-28-16)20(2,3)26/h9-10,12,26H,4-8H2,1-3H3,(H3,21,22,23,24,25,27)/t29-/m0/s1. The van der Waals surface area contributed by atoms with E-state index in [9.17, 15) is 14.1 Å². The Morgan fingerprint density at radius 2 is 2.14 bits per heavy atom. The molecule has 29 heavy (non-hydrogen) atoms. The van der Waals surface area contributed by atoms with Crippen LogP contribution in [0.1, 0.15) is 67.1 Å². The average Bonchev–Trinajstić information content (AvgIpc) is 3.10. The molecule has 0 bridgehead atoms. The number of anilines is 1. The summed E-state index contributed by atoms with van der Waals surface area (Å²) in [5.74, 6) is 0.414. The molecule has 0 aromatic carbocycles. The molecule has 2 amide bonds. The number of pyridine rings is 1. The second-order valence-corrected chi connectivity index (χ2v) is 11.3. The maximum Gasteiger partial charge on any atom is 0.354 e. The third-order valence-electron chi connectivity index (χ3n) is 5.46. The van der Waals surface area contributed by atoms with E-state index in [1.54, 1.807) is 25.3 Å². The molecule has 2 heterocycles. The van der Waals surface area contributed by atoms with Crippen LogP contribution in [0, 0.1) is 6.92 Å². The van der Waals surface area contributed by atoms with E-state index in [1.807, 2.05) is 6.92 Å². The summed E-state index contributed by atoms with van der Waals surface area (Å²) in [4.78, 5) is 17.5. The highest BCUT2D eigenvalue weighted by Gasteiger charge is 2.32. The normalized spacial score (nSPS) is 18.2. The molecule has 7 nitrogen and oxygen atoms in total. The number of aryl methyl sites for hydroxylation is 2. The Kier molecular flexibility index (Phi) is 5.05. The largest absolute Gasteiger partial charge is 0.386 e. The van der Waals surface area contributed by atoms with Crippen molar-refractivity contribution in [1.82, 2.24) is 4.98 Å². The molecule has 156 valence electrons. The van der Waals surface area contributed by atoms with Crippen LogP contribution >= 0.6 is 11.3 Å². The number of aromatic nitrogens is 1. The van der Waals surface area contributed by atoms with E-state index in [2.05, 4.69) is 9.68 Å². The van der Waals surface area contributed by atoms with E-state index in [0.29, 0.717) is 11.5 Å². The van der Waals surface area contributed by atoms with Crippen LogP contribution in [0.2, 0.25) is 0 Å². The topological polar surface area (TPSA) is 118 Å². The van der Waals surface area contributed by atoms with Gasteiger partial charge in [0.25, 0.3) is 0 Å². The minimum atomic E-state index is -3.41. The zero-order valence-electron chi connectivity index (χ0n) is 16.8. The third-order valence-corrected chi connectivity index (χ3v) is 8.32. The Morgan fingerprint density at radius 1 is 1.41 bits per heavy atom. The summed E-state index contributed by atoms with van der Waals surface area (Å²) in [5, 5.41) is 20.6. The van der Waals surface area contributed by atoms with Crippen LogP contribution in [0.4, 0.5) is 10.5 Å². The molecular formula is C20H26N4O3S2. The van der Waals surface area contributed by atoms with Crippen molar-refractivity contribution in [2.75, 3.05) is 5.32 Å². The van der Waals surface area contributed by atoms with Gasteiger partial charge in [0.2, 0.25) is 0 Å². The van der Waals surface area contributed by atoms with Crippen molar-refractivity contribution >= 4 is 33.0 Å². The molecular weight excluding hydrogens is 408 g/mol. The molecule has 0 spiro atoms. The average molecular weight is 435 g/mol. The number of rotatable bonds is 4. The number of amides is 2. The number of hydrogen-bond donors (Lipinski definition) is 3. The van der Waals surface area contributed by atoms with E-state index in [0.717, 1.165) is 71.6 Å². The fraction of sp³-hybridized carbons (Fsp3) is 0.500. The lowest BCUT2D eigenvalue weighted by atomic mass is 10.0. The van der Waals surface area contributed by atoms with Gasteiger partial charge in [-0.15, -0.1) is 15.7 Å². The van der Waals surface area contributed by atoms with Gasteiger partial charge in [-0.2, -0.15) is 0 Å². The predicted molar refractivity (Wildman–Crippen MR) is 115 cm³/mol. The van der Waals surface area contributed by atoms with Crippen molar-refractivity contribution in [3.8, 4) is 0 Å². The van der Waals surface area contributed by atoms with Crippen LogP contribution in [-0.4, -0.2) is 20.3 Å². The summed E-state index contributed by atoms with van der Waals surface area (Å²) in [6.45, 7) is 5.24. The van der Waals surface area contributed by atoms with Crippen LogP contribution in [0.15, 0.2) is 20.0 Å². The van der Waals surface area contributed by atoms with E-state index in [-0.39, 0.29) is 4.21 Å². The van der Waals surface area contributed by atoms with Gasteiger partial charge < -0.3 is 10.4 Å². The molecule has 0 unspecified atom stereocenters. The lowest BCUT2D eigenvalue weighted by Gasteiger charge is -2.16. The lowest BCUT2D eigenvalue weighted by Crippen LogP contribution is -2.19. The summed E-state index contributed by atoms with van der Waals surface area (Å²) < 4.78 is 17.0. The number of nitrogens with one attached hydrogen (secondary N) is 1. The molecule has 0 radical (unpaired) electrons. The van der Waals surface area contributed by atoms with Crippen molar-refractivity contribution in [1.29, 1.82) is 0 Å². The van der Waals surface area contributed by atoms with E-state index >= 15 is 0 Å². The molecule has 1 saturated carbocycles. The molecule has 2 aliphatic carbocycles. The van der Waals surface area contributed by atoms with Crippen LogP contribution in [0.5, 0.6) is 0 Å². The minimum Gasteiger partial charge on any atom is -0.386 e. The maximum atomic E-state index is 12.9. The Morgan fingerprint density at radius 3 is 2.76 bits per heavy atom. The fourth-order valence-corrected chi connectivity index (χ4v) is 6.11. The molecule has 2 aromatic rings. The van der Waals surface area contributed by atoms with Gasteiger partial charge in [-0.05, 0) is 81.4 Å². The predicted octanol–water partition coefficient (Wildman–Crippen LogP) is 3.98. The van der Waals surface area contributed by atoms with Gasteiger partial charge in [-0.3, -0.25) is 4.98 Å². The van der Waals surface area contributed by atoms with Crippen molar-refractivity contribution in [2.24, 2.45) is 9.50 Å². The van der Waals surface area contributed by atoms with E-state index in [4.69, 9.17) is 10.1 Å². The maximum absolute atomic E-state index is 12.9. The van der Waals surface area contributed by atoms with Crippen molar-refractivity contribution in [3.63, 3.8) is 0 Å². The summed E-state index contributed by atoms with van der Waals surface area (Å²) in [6.07, 6.45) is 4.96. The number of carbonyl (C=O) groups is 1. The first-order chi connectivity index (χ1) is 13.6. The molecule has 9 heteroatoms. The SMILES string of the molecule is Cc1nc2c(c(NC(=O)N=[S@](N)(=O)c3cc(C(C)(C)O)cs3)c1C1CC1)CCC2. The molecule has 4 N–H and O–H groups in total. The summed E-state index contributed by atoms with van der Waals surface area (Å²) in [5.41, 5.74) is 4.43. The van der Waals surface area contributed by atoms with Crippen molar-refractivity contribution < 1.29 is 14.1 Å². The van der Waals surface area contributed by atoms with E-state index < -0.39 is 21.5 Å². The number of thiophene rings is 1. The molecule has 2 aliphatic rings. The van der Waals surface area contributed by atoms with Crippen LogP contribution in [0.25, 0.3) is 0 Å². The van der Waals surface area contributed by atoms with Gasteiger partial charge >= 0.3 is 6.03 Å². The van der Waals surface area contributed by atoms with Gasteiger partial charge in [-0.25, -0.2) is 14.1 Å². The Balaban J connectivity index is 1.67. The number of urea groups is 1. The number of carbonyl (C=O) groups excluding carboxylic acids is 1. The van der Waals surface area contributed by atoms with Gasteiger partial charge in [0.15, 0.2) is 9.92 Å². The summed E-state index contributed by atoms with van der Waals surface area (Å²) in [6, 6.07) is 0.838. The first-order valence-electron chi connectivity index (χ1n) is 9.76. The molecule has 0 aliphatic heterocycles. The monoisotopic (exact) mass is 434 g/mol. The quantitative estimate of drug-likeness (QED) is 0.674. The first-order valence-corrected chi connectivity index (χ1v) is 12.2. The van der Waals surface area contributed by atoms with Gasteiger partial charge in [0.1, 0.15) is 4.21 Å². The second kappa shape index (κ2) is 7.16. The molecule has 1 fully saturated rings. The fourth-order valence-electron chi connectivity index (χ4n) is 3.83. The zero-order valence-corrected chi connectivity index (χ0v) is 18.5. The second-order valence-electron chi connectivity index (χ2n) is 8.34. The molecule has 2 aromatic heterocycles. The van der Waals surface area contributed by atoms with Crippen LogP contribution in [0.3, 0.4) is 0 Å². The smallest absolute Gasteiger partial charge is 0.354 e. The highest BCUT2D eigenvalue weighted by molar-refractivity contribution is 7.93. The van der Waals surface area contributed by atoms with E-state index in [1.165, 1.54) is 0 Å². The van der Waals surface area contributed by atoms with Gasteiger partial charge in [0.05, 0.1) is 11.3 Å². The molecule has 4 rings (SSSR count). The number of aliphatic hydroxyl groups is 1. The Hall–Kier alpha value is -1.81. The number of fused-ring (bicyclic) bond motifs is 1. The molecule has 1 atom stereocenters. The molecule has 0 saturated heterocycles. The van der Waals surface area contributed by atoms with Gasteiger partial charge in [0, 0.05) is 17.0 Å². The highest BCUT2D eigenvalue weighted by atomic mass is 32.2. The van der Waals surface area contributed by atoms with Crippen molar-refractivity contribution in [3.05, 3.63) is 39.5 Å². The number of hydrogen-bond acceptors (Lipinski definition) is 5. The minimum absolute atomic E-state index is 0.267. The van der Waals surface area contributed by atoms with Crippen LogP contribution in [-0.2, 0) is 28.4 Å². The first kappa shape index (κ1) is 20.5. The van der Waals surface area contributed by atoms with Gasteiger partial charge in [-0.1, -0.05) is 0 Å². The number of nitrogens with two attached hydrogens (primary N) is 1. The Bertz CT molecular complexity index is 1100. The van der Waals surface area contributed by atoms with Crippen molar-refractivity contribution in [2.45, 2.75) is 68.6 Å². The Labute approximate surface area is 175 Å². The highest BCUT2D eigenvalue weighted by Crippen LogP contribution is 2.47. The lowest BCUT2D eigenvalue weighted by molar-refractivity contribution is 0.0789. The number of nitrogens with zero attached hydrogens (tertiary/aromatic N) is 2. The summed E-state index contributed by atoms with van der Waals surface area (Å²) >= 11 is 1.13. The third kappa shape index (κ3) is 4.09. The van der Waals surface area contributed by atoms with Crippen LogP contribution < -0.4 is 10.5 Å². The zero-order chi connectivity index (χ0) is 21.0. The summed E-state index contributed by atoms with van der Waals surface area (Å²) in [7, 11) is -3.41.